The van der Waals surface area contributed by atoms with Gasteiger partial charge in [-0.1, -0.05) is 29.4 Å². The third kappa shape index (κ3) is 4.18. The summed E-state index contributed by atoms with van der Waals surface area (Å²) in [4.78, 5) is 17.2. The van der Waals surface area contributed by atoms with E-state index in [1.165, 1.54) is 42.5 Å². The lowest BCUT2D eigenvalue weighted by Gasteiger charge is -2.14. The van der Waals surface area contributed by atoms with Crippen LogP contribution in [0.5, 0.6) is 5.75 Å². The van der Waals surface area contributed by atoms with Crippen LogP contribution in [0.1, 0.15) is 16.1 Å². The van der Waals surface area contributed by atoms with Gasteiger partial charge in [0.1, 0.15) is 5.82 Å². The lowest BCUT2D eigenvalue weighted by Crippen LogP contribution is -2.19. The summed E-state index contributed by atoms with van der Waals surface area (Å²) in [5, 5.41) is 6.44. The van der Waals surface area contributed by atoms with Crippen molar-refractivity contribution in [2.45, 2.75) is 13.3 Å². The number of nitrogens with zero attached hydrogens (tertiary/aromatic N) is 2. The molecule has 4 rings (SSSR count). The lowest BCUT2D eigenvalue weighted by atomic mass is 10.0. The third-order valence-electron chi connectivity index (χ3n) is 4.37. The lowest BCUT2D eigenvalue weighted by molar-refractivity contribution is -0.274. The summed E-state index contributed by atoms with van der Waals surface area (Å²) in [7, 11) is 0. The number of carbonyl (C=O) groups excluding carboxylic acids is 1. The van der Waals surface area contributed by atoms with Crippen molar-refractivity contribution in [3.63, 3.8) is 0 Å². The minimum absolute atomic E-state index is 0.00353. The number of rotatable bonds is 4. The van der Waals surface area contributed by atoms with Crippen LogP contribution >= 0.6 is 0 Å². The van der Waals surface area contributed by atoms with Crippen LogP contribution in [0.4, 0.5) is 23.2 Å². The molecule has 6 nitrogen and oxygen atoms in total. The average Bonchev–Trinajstić information content (AvgIpc) is 3.09. The summed E-state index contributed by atoms with van der Waals surface area (Å²) in [5.41, 5.74) is 0.357. The van der Waals surface area contributed by atoms with E-state index in [0.29, 0.717) is 5.69 Å². The van der Waals surface area contributed by atoms with Gasteiger partial charge >= 0.3 is 6.36 Å². The molecule has 158 valence electrons. The molecule has 1 amide bonds. The zero-order chi connectivity index (χ0) is 22.2. The quantitative estimate of drug-likeness (QED) is 0.433. The van der Waals surface area contributed by atoms with Crippen molar-refractivity contribution >= 4 is 22.7 Å². The highest BCUT2D eigenvalue weighted by Gasteiger charge is 2.32. The maximum absolute atomic E-state index is 14.3. The molecule has 2 heterocycles. The Balaban J connectivity index is 1.79. The second-order valence-electron chi connectivity index (χ2n) is 6.48. The highest BCUT2D eigenvalue weighted by molar-refractivity contribution is 6.13. The number of halogens is 4. The maximum Gasteiger partial charge on any atom is 0.573 e. The molecule has 0 saturated heterocycles. The predicted molar refractivity (Wildman–Crippen MR) is 103 cm³/mol. The van der Waals surface area contributed by atoms with Gasteiger partial charge in [0.25, 0.3) is 11.6 Å². The van der Waals surface area contributed by atoms with E-state index < -0.39 is 23.8 Å². The number of amides is 1. The Labute approximate surface area is 172 Å². The normalized spacial score (nSPS) is 11.5. The molecule has 0 radical (unpaired) electrons. The van der Waals surface area contributed by atoms with Gasteiger partial charge in [0, 0.05) is 5.56 Å². The van der Waals surface area contributed by atoms with Crippen LogP contribution < -0.4 is 10.1 Å². The van der Waals surface area contributed by atoms with E-state index in [4.69, 9.17) is 4.52 Å². The number of aryl methyl sites for hydroxylation is 1. The first-order chi connectivity index (χ1) is 14.7. The molecule has 31 heavy (non-hydrogen) atoms. The molecule has 0 saturated carbocycles. The van der Waals surface area contributed by atoms with Gasteiger partial charge in [0.2, 0.25) is 0 Å². The molecule has 1 N–H and O–H groups in total. The van der Waals surface area contributed by atoms with Gasteiger partial charge in [0.15, 0.2) is 5.75 Å². The largest absolute Gasteiger partial charge is 0.573 e. The summed E-state index contributed by atoms with van der Waals surface area (Å²) < 4.78 is 61.4. The van der Waals surface area contributed by atoms with Gasteiger partial charge in [0.05, 0.1) is 28.0 Å². The zero-order valence-corrected chi connectivity index (χ0v) is 15.8. The number of fused-ring (bicyclic) bond motifs is 1. The van der Waals surface area contributed by atoms with Crippen molar-refractivity contribution < 1.29 is 31.6 Å². The fraction of sp³-hybridized carbons (Fsp3) is 0.0952. The maximum atomic E-state index is 14.3. The Morgan fingerprint density at radius 1 is 1.10 bits per heavy atom. The summed E-state index contributed by atoms with van der Waals surface area (Å²) in [6.07, 6.45) is -4.94. The number of ether oxygens (including phenoxy) is 1. The molecule has 0 aliphatic heterocycles. The van der Waals surface area contributed by atoms with Crippen molar-refractivity contribution in [2.75, 3.05) is 5.32 Å². The van der Waals surface area contributed by atoms with Crippen LogP contribution in [-0.2, 0) is 0 Å². The van der Waals surface area contributed by atoms with E-state index in [-0.39, 0.29) is 33.6 Å². The number of benzene rings is 2. The Hall–Kier alpha value is -3.95. The number of carbonyl (C=O) groups is 1. The van der Waals surface area contributed by atoms with E-state index in [0.717, 1.165) is 6.07 Å². The molecule has 2 aromatic carbocycles. The van der Waals surface area contributed by atoms with Gasteiger partial charge in [-0.3, -0.25) is 4.79 Å². The molecule has 0 atom stereocenters. The highest BCUT2D eigenvalue weighted by Crippen LogP contribution is 2.32. The number of aromatic nitrogens is 2. The minimum Gasteiger partial charge on any atom is -0.404 e. The Bertz CT molecular complexity index is 1280. The second kappa shape index (κ2) is 7.71. The highest BCUT2D eigenvalue weighted by atomic mass is 19.4. The van der Waals surface area contributed by atoms with Gasteiger partial charge in [-0.25, -0.2) is 9.37 Å². The summed E-state index contributed by atoms with van der Waals surface area (Å²) in [5.74, 6) is -1.92. The number of alkyl halides is 3. The van der Waals surface area contributed by atoms with Crippen molar-refractivity contribution in [3.05, 3.63) is 71.7 Å². The first-order valence-electron chi connectivity index (χ1n) is 8.91. The summed E-state index contributed by atoms with van der Waals surface area (Å²) in [6, 6.07) is 12.2. The molecule has 0 unspecified atom stereocenters. The molecule has 4 aromatic rings. The standard InChI is InChI=1S/C21H13F4N3O3/c1-11-18-13(19(29)26-15-8-4-5-9-17(15)30-21(23,24)25)10-16(27-20(18)31-28-11)12-6-2-3-7-14(12)22/h2-10H,1H3,(H,26,29). The fourth-order valence-corrected chi connectivity index (χ4v) is 3.05. The predicted octanol–water partition coefficient (Wildman–Crippen LogP) is 5.49. The van der Waals surface area contributed by atoms with Gasteiger partial charge in [-0.15, -0.1) is 13.2 Å². The fourth-order valence-electron chi connectivity index (χ4n) is 3.05. The van der Waals surface area contributed by atoms with E-state index >= 15 is 0 Å². The third-order valence-corrected chi connectivity index (χ3v) is 4.37. The van der Waals surface area contributed by atoms with Crippen LogP contribution in [0.2, 0.25) is 0 Å². The number of nitrogens with one attached hydrogen (secondary N) is 1. The number of para-hydroxylation sites is 2. The molecular weight excluding hydrogens is 418 g/mol. The van der Waals surface area contributed by atoms with Crippen molar-refractivity contribution in [1.82, 2.24) is 10.1 Å². The number of anilines is 1. The smallest absolute Gasteiger partial charge is 0.404 e. The van der Waals surface area contributed by atoms with Crippen LogP contribution in [0.15, 0.2) is 59.1 Å². The Kier molecular flexibility index (Phi) is 5.05. The first-order valence-corrected chi connectivity index (χ1v) is 8.91. The molecule has 0 spiro atoms. The molecule has 2 aromatic heterocycles. The van der Waals surface area contributed by atoms with Gasteiger partial charge in [-0.05, 0) is 37.3 Å². The summed E-state index contributed by atoms with van der Waals surface area (Å²) in [6.45, 7) is 1.58. The molecular formula is C21H13F4N3O3. The van der Waals surface area contributed by atoms with Gasteiger partial charge < -0.3 is 14.6 Å². The van der Waals surface area contributed by atoms with E-state index in [9.17, 15) is 22.4 Å². The van der Waals surface area contributed by atoms with Crippen molar-refractivity contribution in [2.24, 2.45) is 0 Å². The number of pyridine rings is 1. The zero-order valence-electron chi connectivity index (χ0n) is 15.8. The topological polar surface area (TPSA) is 77.2 Å². The van der Waals surface area contributed by atoms with Crippen LogP contribution in [0.25, 0.3) is 22.4 Å². The molecule has 0 aliphatic rings. The first kappa shape index (κ1) is 20.3. The van der Waals surface area contributed by atoms with Gasteiger partial charge in [-0.2, -0.15) is 0 Å². The molecule has 0 fully saturated rings. The van der Waals surface area contributed by atoms with Crippen LogP contribution in [0.3, 0.4) is 0 Å². The molecule has 0 bridgehead atoms. The van der Waals surface area contributed by atoms with Crippen molar-refractivity contribution in [1.29, 1.82) is 0 Å². The van der Waals surface area contributed by atoms with E-state index in [1.807, 2.05) is 0 Å². The number of hydrogen-bond donors (Lipinski definition) is 1. The number of hydrogen-bond acceptors (Lipinski definition) is 5. The minimum atomic E-state index is -4.94. The Morgan fingerprint density at radius 2 is 1.81 bits per heavy atom. The summed E-state index contributed by atoms with van der Waals surface area (Å²) >= 11 is 0. The SMILES string of the molecule is Cc1noc2nc(-c3ccccc3F)cc(C(=O)Nc3ccccc3OC(F)(F)F)c12. The monoisotopic (exact) mass is 431 g/mol. The molecule has 0 aliphatic carbocycles. The van der Waals surface area contributed by atoms with Crippen molar-refractivity contribution in [3.8, 4) is 17.0 Å². The second-order valence-corrected chi connectivity index (χ2v) is 6.48. The average molecular weight is 431 g/mol. The van der Waals surface area contributed by atoms with E-state index in [1.54, 1.807) is 13.0 Å². The molecule has 10 heteroatoms. The van der Waals surface area contributed by atoms with E-state index in [2.05, 4.69) is 20.2 Å². The van der Waals surface area contributed by atoms with Crippen LogP contribution in [-0.4, -0.2) is 22.4 Å². The Morgan fingerprint density at radius 3 is 2.55 bits per heavy atom. The van der Waals surface area contributed by atoms with Crippen LogP contribution in [0, 0.1) is 12.7 Å².